The molecule has 4 rings (SSSR count). The van der Waals surface area contributed by atoms with Gasteiger partial charge in [0.05, 0.1) is 13.2 Å². The summed E-state index contributed by atoms with van der Waals surface area (Å²) < 4.78 is 11.4. The van der Waals surface area contributed by atoms with Crippen molar-refractivity contribution in [1.29, 1.82) is 0 Å². The zero-order valence-corrected chi connectivity index (χ0v) is 17.2. The lowest BCUT2D eigenvalue weighted by atomic mass is 9.68. The van der Waals surface area contributed by atoms with Crippen molar-refractivity contribution in [1.82, 2.24) is 0 Å². The summed E-state index contributed by atoms with van der Waals surface area (Å²) in [6, 6.07) is 9.30. The molecule has 2 saturated carbocycles. The number of aryl methyl sites for hydroxylation is 1. The highest BCUT2D eigenvalue weighted by molar-refractivity contribution is 5.24. The van der Waals surface area contributed by atoms with Crippen molar-refractivity contribution in [3.63, 3.8) is 0 Å². The molecule has 1 aliphatic heterocycles. The average molecular weight is 371 g/mol. The summed E-state index contributed by atoms with van der Waals surface area (Å²) in [5.41, 5.74) is 2.96. The SMILES string of the molecule is Cc1ccc(C2CCC(C3CCC(CCC4OCCCO4)CC3)CC2)cc1. The molecule has 0 N–H and O–H groups in total. The van der Waals surface area contributed by atoms with E-state index in [-0.39, 0.29) is 6.29 Å². The van der Waals surface area contributed by atoms with Gasteiger partial charge < -0.3 is 9.47 Å². The van der Waals surface area contributed by atoms with Crippen molar-refractivity contribution in [2.24, 2.45) is 17.8 Å². The van der Waals surface area contributed by atoms with Crippen LogP contribution in [0.3, 0.4) is 0 Å². The van der Waals surface area contributed by atoms with Gasteiger partial charge in [0.15, 0.2) is 6.29 Å². The van der Waals surface area contributed by atoms with E-state index in [1.807, 2.05) is 0 Å². The molecule has 0 radical (unpaired) electrons. The quantitative estimate of drug-likeness (QED) is 0.580. The first-order valence-corrected chi connectivity index (χ1v) is 11.6. The third kappa shape index (κ3) is 5.35. The van der Waals surface area contributed by atoms with E-state index in [0.717, 1.165) is 49.7 Å². The molecule has 1 saturated heterocycles. The fourth-order valence-corrected chi connectivity index (χ4v) is 5.79. The molecule has 3 fully saturated rings. The van der Waals surface area contributed by atoms with Crippen LogP contribution in [-0.2, 0) is 9.47 Å². The molecular formula is C25H38O2. The predicted molar refractivity (Wildman–Crippen MR) is 111 cm³/mol. The Hall–Kier alpha value is -0.860. The maximum Gasteiger partial charge on any atom is 0.157 e. The molecule has 0 amide bonds. The Morgan fingerprint density at radius 1 is 0.741 bits per heavy atom. The molecule has 0 atom stereocenters. The van der Waals surface area contributed by atoms with Crippen molar-refractivity contribution in [2.45, 2.75) is 89.8 Å². The number of ether oxygens (including phenoxy) is 2. The molecule has 2 heteroatoms. The van der Waals surface area contributed by atoms with E-state index in [1.165, 1.54) is 63.4 Å². The van der Waals surface area contributed by atoms with Crippen LogP contribution in [0.1, 0.15) is 87.7 Å². The first kappa shape index (κ1) is 19.5. The lowest BCUT2D eigenvalue weighted by Gasteiger charge is -2.38. The van der Waals surface area contributed by atoms with Crippen molar-refractivity contribution < 1.29 is 9.47 Å². The molecule has 3 aliphatic rings. The van der Waals surface area contributed by atoms with E-state index in [9.17, 15) is 0 Å². The Labute approximate surface area is 166 Å². The van der Waals surface area contributed by atoms with Crippen molar-refractivity contribution >= 4 is 0 Å². The van der Waals surface area contributed by atoms with Gasteiger partial charge in [0.25, 0.3) is 0 Å². The van der Waals surface area contributed by atoms with Crippen molar-refractivity contribution in [3.8, 4) is 0 Å². The molecule has 0 aromatic heterocycles. The highest BCUT2D eigenvalue weighted by Crippen LogP contribution is 2.44. The van der Waals surface area contributed by atoms with E-state index in [4.69, 9.17) is 9.47 Å². The van der Waals surface area contributed by atoms with E-state index < -0.39 is 0 Å². The van der Waals surface area contributed by atoms with Gasteiger partial charge in [-0.3, -0.25) is 0 Å². The van der Waals surface area contributed by atoms with Gasteiger partial charge in [0, 0.05) is 0 Å². The first-order chi connectivity index (χ1) is 13.3. The second kappa shape index (κ2) is 9.56. The summed E-state index contributed by atoms with van der Waals surface area (Å²) >= 11 is 0. The van der Waals surface area contributed by atoms with Crippen LogP contribution in [0.2, 0.25) is 0 Å². The van der Waals surface area contributed by atoms with Crippen LogP contribution in [0.15, 0.2) is 24.3 Å². The molecule has 27 heavy (non-hydrogen) atoms. The lowest BCUT2D eigenvalue weighted by molar-refractivity contribution is -0.183. The minimum Gasteiger partial charge on any atom is -0.353 e. The van der Waals surface area contributed by atoms with Gasteiger partial charge in [0.2, 0.25) is 0 Å². The molecule has 0 bridgehead atoms. The van der Waals surface area contributed by atoms with Crippen LogP contribution >= 0.6 is 0 Å². The van der Waals surface area contributed by atoms with Gasteiger partial charge in [-0.1, -0.05) is 42.7 Å². The predicted octanol–water partition coefficient (Wildman–Crippen LogP) is 6.62. The summed E-state index contributed by atoms with van der Waals surface area (Å²) in [6.07, 6.45) is 15.1. The summed E-state index contributed by atoms with van der Waals surface area (Å²) in [6.45, 7) is 3.97. The Morgan fingerprint density at radius 3 is 1.96 bits per heavy atom. The monoisotopic (exact) mass is 370 g/mol. The fourth-order valence-electron chi connectivity index (χ4n) is 5.79. The number of hydrogen-bond acceptors (Lipinski definition) is 2. The second-order valence-electron chi connectivity index (χ2n) is 9.41. The van der Waals surface area contributed by atoms with Gasteiger partial charge in [-0.15, -0.1) is 0 Å². The van der Waals surface area contributed by atoms with Crippen LogP contribution < -0.4 is 0 Å². The van der Waals surface area contributed by atoms with Crippen LogP contribution in [0.5, 0.6) is 0 Å². The maximum atomic E-state index is 5.72. The molecule has 1 heterocycles. The third-order valence-corrected chi connectivity index (χ3v) is 7.59. The second-order valence-corrected chi connectivity index (χ2v) is 9.41. The summed E-state index contributed by atoms with van der Waals surface area (Å²) in [5.74, 6) is 3.73. The van der Waals surface area contributed by atoms with Gasteiger partial charge in [-0.05, 0) is 93.9 Å². The zero-order chi connectivity index (χ0) is 18.5. The van der Waals surface area contributed by atoms with Crippen LogP contribution in [0.25, 0.3) is 0 Å². The van der Waals surface area contributed by atoms with Crippen LogP contribution in [0, 0.1) is 24.7 Å². The normalized spacial score (nSPS) is 33.1. The largest absolute Gasteiger partial charge is 0.353 e. The van der Waals surface area contributed by atoms with Gasteiger partial charge in [-0.25, -0.2) is 0 Å². The molecule has 0 unspecified atom stereocenters. The Bertz CT molecular complexity index is 544. The average Bonchev–Trinajstić information content (AvgIpc) is 2.74. The highest BCUT2D eigenvalue weighted by Gasteiger charge is 2.31. The lowest BCUT2D eigenvalue weighted by Crippen LogP contribution is -2.27. The Balaban J connectivity index is 1.16. The standard InChI is InChI=1S/C25H38O2/c1-19-3-8-21(9-4-19)23-12-14-24(15-13-23)22-10-5-20(6-11-22)7-16-25-26-17-2-18-27-25/h3-4,8-9,20,22-25H,2,5-7,10-18H2,1H3. The molecular weight excluding hydrogens is 332 g/mol. The smallest absolute Gasteiger partial charge is 0.157 e. The summed E-state index contributed by atoms with van der Waals surface area (Å²) in [5, 5.41) is 0. The van der Waals surface area contributed by atoms with Crippen molar-refractivity contribution in [3.05, 3.63) is 35.4 Å². The minimum atomic E-state index is 0.0912. The number of benzene rings is 1. The topological polar surface area (TPSA) is 18.5 Å². The van der Waals surface area contributed by atoms with Gasteiger partial charge in [-0.2, -0.15) is 0 Å². The van der Waals surface area contributed by atoms with Crippen molar-refractivity contribution in [2.75, 3.05) is 13.2 Å². The Kier molecular flexibility index (Phi) is 6.89. The van der Waals surface area contributed by atoms with E-state index >= 15 is 0 Å². The Morgan fingerprint density at radius 2 is 1.33 bits per heavy atom. The van der Waals surface area contributed by atoms with Gasteiger partial charge in [0.1, 0.15) is 0 Å². The van der Waals surface area contributed by atoms with Crippen LogP contribution in [-0.4, -0.2) is 19.5 Å². The van der Waals surface area contributed by atoms with Gasteiger partial charge >= 0.3 is 0 Å². The molecule has 1 aromatic carbocycles. The fraction of sp³-hybridized carbons (Fsp3) is 0.760. The molecule has 2 aliphatic carbocycles. The number of rotatable bonds is 5. The highest BCUT2D eigenvalue weighted by atomic mass is 16.7. The zero-order valence-electron chi connectivity index (χ0n) is 17.2. The van der Waals surface area contributed by atoms with Crippen LogP contribution in [0.4, 0.5) is 0 Å². The van der Waals surface area contributed by atoms with E-state index in [0.29, 0.717) is 0 Å². The van der Waals surface area contributed by atoms with E-state index in [2.05, 4.69) is 31.2 Å². The first-order valence-electron chi connectivity index (χ1n) is 11.6. The molecule has 2 nitrogen and oxygen atoms in total. The maximum absolute atomic E-state index is 5.72. The number of hydrogen-bond donors (Lipinski definition) is 0. The molecule has 0 spiro atoms. The summed E-state index contributed by atoms with van der Waals surface area (Å²) in [4.78, 5) is 0. The minimum absolute atomic E-state index is 0.0912. The molecule has 1 aromatic rings. The van der Waals surface area contributed by atoms with E-state index in [1.54, 1.807) is 5.56 Å². The third-order valence-electron chi connectivity index (χ3n) is 7.59. The summed E-state index contributed by atoms with van der Waals surface area (Å²) in [7, 11) is 0. The molecule has 150 valence electrons.